The van der Waals surface area contributed by atoms with Crippen molar-refractivity contribution in [2.75, 3.05) is 13.7 Å². The Balaban J connectivity index is 1.49. The van der Waals surface area contributed by atoms with Gasteiger partial charge in [-0.2, -0.15) is 0 Å². The maximum atomic E-state index is 13.2. The first-order chi connectivity index (χ1) is 13.8. The lowest BCUT2D eigenvalue weighted by Gasteiger charge is -2.44. The molecular weight excluding hydrogens is 376 g/mol. The topological polar surface area (TPSA) is 69.2 Å². The number of methoxy groups -OCH3 is 1. The molecule has 2 N–H and O–H groups in total. The van der Waals surface area contributed by atoms with Gasteiger partial charge in [0.1, 0.15) is 11.6 Å². The summed E-state index contributed by atoms with van der Waals surface area (Å²) in [6.07, 6.45) is 4.92. The van der Waals surface area contributed by atoms with E-state index in [1.807, 2.05) is 25.1 Å². The van der Waals surface area contributed by atoms with Gasteiger partial charge in [0.25, 0.3) is 5.92 Å². The maximum absolute atomic E-state index is 13.2. The van der Waals surface area contributed by atoms with E-state index in [-0.39, 0.29) is 24.5 Å². The van der Waals surface area contributed by atoms with E-state index in [9.17, 15) is 8.78 Å². The SMILES string of the molecule is CO[C@H]1CC[C@]2(CC1)Cc1ccc(OCC3CC3(F)F)cc1C21N=C(C)C(N)=N1. The first kappa shape index (κ1) is 19.0. The van der Waals surface area contributed by atoms with E-state index in [0.29, 0.717) is 11.6 Å². The summed E-state index contributed by atoms with van der Waals surface area (Å²) in [5, 5.41) is 0. The Kier molecular flexibility index (Phi) is 4.08. The van der Waals surface area contributed by atoms with Gasteiger partial charge in [0, 0.05) is 24.5 Å². The van der Waals surface area contributed by atoms with E-state index in [1.165, 1.54) is 5.56 Å². The van der Waals surface area contributed by atoms with Crippen LogP contribution in [0, 0.1) is 11.3 Å². The van der Waals surface area contributed by atoms with E-state index in [1.54, 1.807) is 7.11 Å². The lowest BCUT2D eigenvalue weighted by Crippen LogP contribution is -2.43. The lowest BCUT2D eigenvalue weighted by atomic mass is 9.65. The number of benzene rings is 1. The van der Waals surface area contributed by atoms with Crippen molar-refractivity contribution in [1.82, 2.24) is 0 Å². The van der Waals surface area contributed by atoms with Gasteiger partial charge in [0.15, 0.2) is 5.66 Å². The average molecular weight is 403 g/mol. The van der Waals surface area contributed by atoms with Gasteiger partial charge in [0.05, 0.1) is 24.3 Å². The third-order valence-electron chi connectivity index (χ3n) is 7.34. The first-order valence-electron chi connectivity index (χ1n) is 10.4. The van der Waals surface area contributed by atoms with Crippen molar-refractivity contribution in [3.05, 3.63) is 29.3 Å². The average Bonchev–Trinajstić information content (AvgIpc) is 3.08. The van der Waals surface area contributed by atoms with Crippen molar-refractivity contribution in [2.45, 2.75) is 63.1 Å². The minimum atomic E-state index is -2.58. The molecule has 3 aliphatic carbocycles. The molecule has 1 aromatic rings. The number of hydrogen-bond acceptors (Lipinski definition) is 5. The molecule has 2 atom stereocenters. The number of halogens is 2. The van der Waals surface area contributed by atoms with Crippen LogP contribution < -0.4 is 10.5 Å². The van der Waals surface area contributed by atoms with Crippen LogP contribution in [0.15, 0.2) is 28.2 Å². The molecule has 5 rings (SSSR count). The minimum Gasteiger partial charge on any atom is -0.493 e. The molecule has 7 heteroatoms. The van der Waals surface area contributed by atoms with Gasteiger partial charge in [-0.3, -0.25) is 4.99 Å². The van der Waals surface area contributed by atoms with Crippen LogP contribution in [0.3, 0.4) is 0 Å². The Hall–Kier alpha value is -2.02. The van der Waals surface area contributed by atoms with E-state index in [2.05, 4.69) is 0 Å². The van der Waals surface area contributed by atoms with Crippen molar-refractivity contribution < 1.29 is 18.3 Å². The Morgan fingerprint density at radius 3 is 2.52 bits per heavy atom. The summed E-state index contributed by atoms with van der Waals surface area (Å²) in [6.45, 7) is 1.93. The fourth-order valence-corrected chi connectivity index (χ4v) is 5.39. The van der Waals surface area contributed by atoms with Gasteiger partial charge in [-0.1, -0.05) is 6.07 Å². The Labute approximate surface area is 169 Å². The zero-order valence-corrected chi connectivity index (χ0v) is 16.9. The number of nitrogens with two attached hydrogens (primary N) is 1. The molecule has 0 radical (unpaired) electrons. The molecule has 1 aliphatic heterocycles. The fourth-order valence-electron chi connectivity index (χ4n) is 5.39. The van der Waals surface area contributed by atoms with Crippen LogP contribution in [0.2, 0.25) is 0 Å². The second-order valence-corrected chi connectivity index (χ2v) is 9.05. The summed E-state index contributed by atoms with van der Waals surface area (Å²) in [6, 6.07) is 5.88. The molecule has 0 aromatic heterocycles. The van der Waals surface area contributed by atoms with Crippen LogP contribution in [-0.4, -0.2) is 37.3 Å². The molecule has 0 saturated heterocycles. The van der Waals surface area contributed by atoms with E-state index >= 15 is 0 Å². The monoisotopic (exact) mass is 403 g/mol. The van der Waals surface area contributed by atoms with E-state index < -0.39 is 17.5 Å². The summed E-state index contributed by atoms with van der Waals surface area (Å²) in [7, 11) is 1.77. The van der Waals surface area contributed by atoms with Crippen molar-refractivity contribution >= 4 is 11.5 Å². The Morgan fingerprint density at radius 2 is 1.93 bits per heavy atom. The standard InChI is InChI=1S/C22H27F2N3O2/c1-13-19(25)27-22(26-13)18-9-17(29-12-15-11-21(15,23)24)4-3-14(18)10-20(22)7-5-16(28-2)6-8-20/h3-4,9,15-16H,5-8,10-12H2,1-2H3,(H2,25,27)/t15?,16-,20-,22?. The normalized spacial score (nSPS) is 36.8. The Morgan fingerprint density at radius 1 is 1.21 bits per heavy atom. The van der Waals surface area contributed by atoms with Crippen LogP contribution in [0.4, 0.5) is 8.78 Å². The minimum absolute atomic E-state index is 0.0349. The van der Waals surface area contributed by atoms with E-state index in [4.69, 9.17) is 25.2 Å². The summed E-state index contributed by atoms with van der Waals surface area (Å²) >= 11 is 0. The van der Waals surface area contributed by atoms with Crippen LogP contribution in [0.25, 0.3) is 0 Å². The number of amidine groups is 1. The molecular formula is C22H27F2N3O2. The quantitative estimate of drug-likeness (QED) is 0.831. The highest BCUT2D eigenvalue weighted by Crippen LogP contribution is 2.62. The number of hydrogen-bond donors (Lipinski definition) is 1. The predicted molar refractivity (Wildman–Crippen MR) is 107 cm³/mol. The largest absolute Gasteiger partial charge is 0.493 e. The van der Waals surface area contributed by atoms with Crippen molar-refractivity contribution in [2.24, 2.45) is 27.1 Å². The van der Waals surface area contributed by atoms with Crippen LogP contribution in [0.5, 0.6) is 5.75 Å². The van der Waals surface area contributed by atoms with Gasteiger partial charge in [-0.25, -0.2) is 13.8 Å². The number of alkyl halides is 2. The van der Waals surface area contributed by atoms with Crippen molar-refractivity contribution in [1.29, 1.82) is 0 Å². The molecule has 1 heterocycles. The van der Waals surface area contributed by atoms with Gasteiger partial charge >= 0.3 is 0 Å². The molecule has 2 unspecified atom stereocenters. The van der Waals surface area contributed by atoms with Crippen LogP contribution >= 0.6 is 0 Å². The summed E-state index contributed by atoms with van der Waals surface area (Å²) in [5.41, 5.74) is 8.28. The third-order valence-corrected chi connectivity index (χ3v) is 7.34. The highest BCUT2D eigenvalue weighted by molar-refractivity contribution is 6.41. The number of nitrogens with zero attached hydrogens (tertiary/aromatic N) is 2. The molecule has 1 aromatic carbocycles. The molecule has 29 heavy (non-hydrogen) atoms. The molecule has 4 aliphatic rings. The number of ether oxygens (including phenoxy) is 2. The molecule has 0 amide bonds. The molecule has 0 bridgehead atoms. The molecule has 5 nitrogen and oxygen atoms in total. The smallest absolute Gasteiger partial charge is 0.255 e. The maximum Gasteiger partial charge on any atom is 0.255 e. The summed E-state index contributed by atoms with van der Waals surface area (Å²) < 4.78 is 37.7. The van der Waals surface area contributed by atoms with Crippen molar-refractivity contribution in [3.63, 3.8) is 0 Å². The zero-order valence-electron chi connectivity index (χ0n) is 16.9. The summed E-state index contributed by atoms with van der Waals surface area (Å²) in [5.74, 6) is -2.18. The van der Waals surface area contributed by atoms with Gasteiger partial charge in [-0.05, 0) is 56.7 Å². The fraction of sp³-hybridized carbons (Fsp3) is 0.636. The second-order valence-electron chi connectivity index (χ2n) is 9.05. The number of aliphatic imine (C=N–C) groups is 2. The molecule has 156 valence electrons. The first-order valence-corrected chi connectivity index (χ1v) is 10.4. The highest BCUT2D eigenvalue weighted by atomic mass is 19.3. The lowest BCUT2D eigenvalue weighted by molar-refractivity contribution is -0.000408. The van der Waals surface area contributed by atoms with E-state index in [0.717, 1.165) is 43.4 Å². The highest BCUT2D eigenvalue weighted by Gasteiger charge is 2.61. The van der Waals surface area contributed by atoms with Crippen molar-refractivity contribution in [3.8, 4) is 5.75 Å². The number of rotatable bonds is 4. The van der Waals surface area contributed by atoms with Gasteiger partial charge in [0.2, 0.25) is 0 Å². The van der Waals surface area contributed by atoms with Gasteiger partial charge < -0.3 is 15.2 Å². The molecule has 2 spiro atoms. The van der Waals surface area contributed by atoms with Gasteiger partial charge in [-0.15, -0.1) is 0 Å². The number of fused-ring (bicyclic) bond motifs is 3. The third kappa shape index (κ3) is 2.80. The zero-order chi connectivity index (χ0) is 20.4. The van der Waals surface area contributed by atoms with Crippen LogP contribution in [-0.2, 0) is 16.8 Å². The molecule has 2 saturated carbocycles. The predicted octanol–water partition coefficient (Wildman–Crippen LogP) is 3.84. The van der Waals surface area contributed by atoms with Crippen LogP contribution in [0.1, 0.15) is 50.2 Å². The summed E-state index contributed by atoms with van der Waals surface area (Å²) in [4.78, 5) is 9.93. The molecule has 2 fully saturated rings. The Bertz CT molecular complexity index is 885. The second kappa shape index (κ2) is 6.24.